The average molecular weight is 151 g/mol. The lowest BCUT2D eigenvalue weighted by atomic mass is 10.6. The molecule has 50 valence electrons. The molecule has 0 aromatic carbocycles. The number of nitriles is 1. The molecule has 1 nitrogen and oxygen atoms in total. The molecule has 0 N–H and O–H groups in total. The molecule has 0 heterocycles. The monoisotopic (exact) mass is 151 g/mol. The zero-order valence-electron chi connectivity index (χ0n) is 4.44. The predicted molar refractivity (Wildman–Crippen MR) is 28.6 cm³/mol. The Balaban J connectivity index is 3.54. The van der Waals surface area contributed by atoms with Crippen molar-refractivity contribution in [1.82, 2.24) is 0 Å². The smallest absolute Gasteiger partial charge is 0.237 e. The SMILES string of the molecule is N#C/C=C/C[Si](F)(F)F. The van der Waals surface area contributed by atoms with Crippen LogP contribution in [-0.4, -0.2) is 9.08 Å². The molecule has 5 heteroatoms. The van der Waals surface area contributed by atoms with E-state index in [0.29, 0.717) is 0 Å². The first-order valence-corrected chi connectivity index (χ1v) is 4.02. The fourth-order valence-corrected chi connectivity index (χ4v) is 0.630. The molecule has 9 heavy (non-hydrogen) atoms. The van der Waals surface area contributed by atoms with Crippen molar-refractivity contribution in [2.45, 2.75) is 6.04 Å². The Bertz CT molecular complexity index is 143. The van der Waals surface area contributed by atoms with Crippen molar-refractivity contribution in [3.05, 3.63) is 12.2 Å². The standard InChI is InChI=1S/C4H4F3NSi/c5-9(6,7)4-2-1-3-8/h1-2H,4H2/b2-1+. The molecule has 0 bridgehead atoms. The van der Waals surface area contributed by atoms with Gasteiger partial charge in [-0.05, 0) is 0 Å². The summed E-state index contributed by atoms with van der Waals surface area (Å²) in [5, 5.41) is 7.77. The summed E-state index contributed by atoms with van der Waals surface area (Å²) in [4.78, 5) is 0. The van der Waals surface area contributed by atoms with E-state index in [2.05, 4.69) is 0 Å². The van der Waals surface area contributed by atoms with Crippen LogP contribution >= 0.6 is 0 Å². The number of allylic oxidation sites excluding steroid dienone is 2. The van der Waals surface area contributed by atoms with Crippen LogP contribution in [0.3, 0.4) is 0 Å². The summed E-state index contributed by atoms with van der Waals surface area (Å²) < 4.78 is 34.1. The minimum absolute atomic E-state index is 0.840. The quantitative estimate of drug-likeness (QED) is 0.336. The number of hydrogen-bond acceptors (Lipinski definition) is 1. The van der Waals surface area contributed by atoms with Gasteiger partial charge in [0.15, 0.2) is 0 Å². The molecule has 0 aliphatic rings. The summed E-state index contributed by atoms with van der Waals surface area (Å²) in [7, 11) is -5.43. The number of hydrogen-bond donors (Lipinski definition) is 0. The number of rotatable bonds is 2. The summed E-state index contributed by atoms with van der Waals surface area (Å²) in [5.41, 5.74) is 0. The van der Waals surface area contributed by atoms with Crippen LogP contribution in [0.4, 0.5) is 12.3 Å². The lowest BCUT2D eigenvalue weighted by molar-refractivity contribution is 0.478. The molecule has 0 atom stereocenters. The van der Waals surface area contributed by atoms with Crippen LogP contribution in [0.5, 0.6) is 0 Å². The van der Waals surface area contributed by atoms with Gasteiger partial charge in [-0.15, -0.1) is 0 Å². The van der Waals surface area contributed by atoms with Crippen molar-refractivity contribution in [2.75, 3.05) is 0 Å². The normalized spacial score (nSPS) is 11.8. The van der Waals surface area contributed by atoms with Gasteiger partial charge in [-0.3, -0.25) is 0 Å². The van der Waals surface area contributed by atoms with Crippen LogP contribution in [0, 0.1) is 11.3 Å². The van der Waals surface area contributed by atoms with E-state index in [4.69, 9.17) is 5.26 Å². The van der Waals surface area contributed by atoms with Crippen molar-refractivity contribution in [2.24, 2.45) is 0 Å². The molecule has 0 fully saturated rings. The summed E-state index contributed by atoms with van der Waals surface area (Å²) in [6.45, 7) is 0. The maximum Gasteiger partial charge on any atom is 0.620 e. The van der Waals surface area contributed by atoms with Gasteiger partial charge in [0.25, 0.3) is 0 Å². The number of halogens is 3. The van der Waals surface area contributed by atoms with Crippen LogP contribution < -0.4 is 0 Å². The Kier molecular flexibility index (Phi) is 3.02. The maximum atomic E-state index is 11.4. The first-order chi connectivity index (χ1) is 4.06. The highest BCUT2D eigenvalue weighted by molar-refractivity contribution is 6.58. The average Bonchev–Trinajstić information content (AvgIpc) is 1.63. The lowest BCUT2D eigenvalue weighted by Crippen LogP contribution is -2.11. The second kappa shape index (κ2) is 3.30. The van der Waals surface area contributed by atoms with Gasteiger partial charge in [0.2, 0.25) is 0 Å². The van der Waals surface area contributed by atoms with Crippen molar-refractivity contribution in [3.8, 4) is 6.07 Å². The van der Waals surface area contributed by atoms with Gasteiger partial charge in [0.1, 0.15) is 0 Å². The Hall–Kier alpha value is -0.763. The summed E-state index contributed by atoms with van der Waals surface area (Å²) >= 11 is 0. The van der Waals surface area contributed by atoms with Gasteiger partial charge < -0.3 is 0 Å². The van der Waals surface area contributed by atoms with Crippen LogP contribution in [0.25, 0.3) is 0 Å². The molecular weight excluding hydrogens is 147 g/mol. The van der Waals surface area contributed by atoms with Crippen LogP contribution in [0.2, 0.25) is 6.04 Å². The third-order valence-corrected chi connectivity index (χ3v) is 1.24. The molecule has 0 radical (unpaired) electrons. The first-order valence-electron chi connectivity index (χ1n) is 2.17. The van der Waals surface area contributed by atoms with Gasteiger partial charge in [-0.1, -0.05) is 6.08 Å². The van der Waals surface area contributed by atoms with Crippen molar-refractivity contribution in [3.63, 3.8) is 0 Å². The molecule has 0 spiro atoms. The Morgan fingerprint density at radius 1 is 1.44 bits per heavy atom. The molecule has 0 amide bonds. The molecule has 0 aromatic rings. The Morgan fingerprint density at radius 3 is 2.33 bits per heavy atom. The Morgan fingerprint density at radius 2 is 2.00 bits per heavy atom. The van der Waals surface area contributed by atoms with Crippen LogP contribution in [0.15, 0.2) is 12.2 Å². The van der Waals surface area contributed by atoms with Gasteiger partial charge in [-0.2, -0.15) is 5.26 Å². The van der Waals surface area contributed by atoms with E-state index >= 15 is 0 Å². The molecule has 0 aliphatic heterocycles. The van der Waals surface area contributed by atoms with Crippen molar-refractivity contribution < 1.29 is 12.3 Å². The van der Waals surface area contributed by atoms with Crippen LogP contribution in [0.1, 0.15) is 0 Å². The maximum absolute atomic E-state index is 11.4. The third-order valence-electron chi connectivity index (χ3n) is 0.542. The van der Waals surface area contributed by atoms with E-state index in [1.165, 1.54) is 6.07 Å². The zero-order chi connectivity index (χ0) is 7.33. The fourth-order valence-electron chi connectivity index (χ4n) is 0.245. The first kappa shape index (κ1) is 8.24. The second-order valence-electron chi connectivity index (χ2n) is 1.35. The van der Waals surface area contributed by atoms with Gasteiger partial charge in [0.05, 0.1) is 6.07 Å². The van der Waals surface area contributed by atoms with E-state index in [9.17, 15) is 12.3 Å². The molecule has 0 saturated carbocycles. The highest BCUT2D eigenvalue weighted by Gasteiger charge is 2.34. The van der Waals surface area contributed by atoms with Crippen molar-refractivity contribution >= 4 is 9.08 Å². The fraction of sp³-hybridized carbons (Fsp3) is 0.250. The van der Waals surface area contributed by atoms with E-state index in [1.807, 2.05) is 0 Å². The lowest BCUT2D eigenvalue weighted by Gasteiger charge is -1.92. The summed E-state index contributed by atoms with van der Waals surface area (Å²) in [5.74, 6) is 0. The second-order valence-corrected chi connectivity index (χ2v) is 2.99. The summed E-state index contributed by atoms with van der Waals surface area (Å²) in [6, 6.07) is 0.594. The van der Waals surface area contributed by atoms with Crippen molar-refractivity contribution in [1.29, 1.82) is 5.26 Å². The minimum Gasteiger partial charge on any atom is -0.237 e. The van der Waals surface area contributed by atoms with Crippen LogP contribution in [-0.2, 0) is 0 Å². The van der Waals surface area contributed by atoms with E-state index in [0.717, 1.165) is 12.2 Å². The molecule has 0 aromatic heterocycles. The molecule has 0 unspecified atom stereocenters. The highest BCUT2D eigenvalue weighted by Crippen LogP contribution is 2.14. The third kappa shape index (κ3) is 7.24. The van der Waals surface area contributed by atoms with E-state index < -0.39 is 15.1 Å². The molecule has 0 rings (SSSR count). The van der Waals surface area contributed by atoms with Gasteiger partial charge >= 0.3 is 9.08 Å². The van der Waals surface area contributed by atoms with Gasteiger partial charge in [-0.25, -0.2) is 12.3 Å². The molecular formula is C4H4F3NSi. The predicted octanol–water partition coefficient (Wildman–Crippen LogP) is 1.91. The topological polar surface area (TPSA) is 23.8 Å². The summed E-state index contributed by atoms with van der Waals surface area (Å²) in [6.07, 6.45) is 1.69. The number of nitrogens with zero attached hydrogens (tertiary/aromatic N) is 1. The van der Waals surface area contributed by atoms with E-state index in [-0.39, 0.29) is 0 Å². The molecule has 0 saturated heterocycles. The molecule has 0 aliphatic carbocycles. The minimum atomic E-state index is -5.43. The Labute approximate surface area is 51.9 Å². The largest absolute Gasteiger partial charge is 0.620 e. The van der Waals surface area contributed by atoms with E-state index in [1.54, 1.807) is 0 Å². The zero-order valence-corrected chi connectivity index (χ0v) is 5.44. The highest BCUT2D eigenvalue weighted by atomic mass is 28.5. The van der Waals surface area contributed by atoms with Gasteiger partial charge in [0, 0.05) is 12.1 Å².